The van der Waals surface area contributed by atoms with Gasteiger partial charge in [-0.15, -0.1) is 0 Å². The molecular weight excluding hydrogens is 230 g/mol. The molecule has 0 unspecified atom stereocenters. The fraction of sp³-hybridized carbons (Fsp3) is 0.538. The Morgan fingerprint density at radius 1 is 1.56 bits per heavy atom. The lowest BCUT2D eigenvalue weighted by Gasteiger charge is -2.22. The van der Waals surface area contributed by atoms with E-state index in [1.807, 2.05) is 4.90 Å². The van der Waals surface area contributed by atoms with E-state index in [-0.39, 0.29) is 18.0 Å². The van der Waals surface area contributed by atoms with Crippen molar-refractivity contribution in [2.75, 3.05) is 7.11 Å². The van der Waals surface area contributed by atoms with E-state index in [9.17, 15) is 4.79 Å². The number of methoxy groups -OCH3 is 1. The highest BCUT2D eigenvalue weighted by Crippen LogP contribution is 2.37. The van der Waals surface area contributed by atoms with Crippen molar-refractivity contribution in [3.05, 3.63) is 24.0 Å². The van der Waals surface area contributed by atoms with E-state index in [2.05, 4.69) is 4.98 Å². The first-order valence-corrected chi connectivity index (χ1v) is 6.29. The highest BCUT2D eigenvalue weighted by Gasteiger charge is 2.47. The number of nitrogens with two attached hydrogens (primary N) is 1. The third-order valence-corrected chi connectivity index (χ3v) is 4.01. The van der Waals surface area contributed by atoms with Crippen LogP contribution in [0, 0.1) is 0 Å². The van der Waals surface area contributed by atoms with Crippen LogP contribution in [0.5, 0.6) is 5.75 Å². The zero-order chi connectivity index (χ0) is 12.7. The van der Waals surface area contributed by atoms with Gasteiger partial charge in [0.1, 0.15) is 11.4 Å². The van der Waals surface area contributed by atoms with Gasteiger partial charge in [-0.1, -0.05) is 0 Å². The van der Waals surface area contributed by atoms with Gasteiger partial charge >= 0.3 is 0 Å². The largest absolute Gasteiger partial charge is 0.497 e. The average Bonchev–Trinajstić information content (AvgIpc) is 2.94. The second-order valence-electron chi connectivity index (χ2n) is 4.99. The van der Waals surface area contributed by atoms with Crippen molar-refractivity contribution < 1.29 is 9.53 Å². The Bertz CT molecular complexity index is 477. The molecule has 2 saturated heterocycles. The molecule has 3 atom stereocenters. The lowest BCUT2D eigenvalue weighted by molar-refractivity contribution is 0.0720. The molecule has 1 aromatic heterocycles. The van der Waals surface area contributed by atoms with Gasteiger partial charge in [-0.25, -0.2) is 0 Å². The number of ether oxygens (including phenoxy) is 1. The summed E-state index contributed by atoms with van der Waals surface area (Å²) in [6, 6.07) is 4.03. The molecule has 0 spiro atoms. The number of hydrogen-bond donors (Lipinski definition) is 1. The topological polar surface area (TPSA) is 68.5 Å². The molecule has 2 fully saturated rings. The molecule has 96 valence electrons. The SMILES string of the molecule is COc1ccnc(C(=O)N2[C@@H]3CC[C@H]2[C@@H](N)C3)c1. The monoisotopic (exact) mass is 247 g/mol. The van der Waals surface area contributed by atoms with Crippen LogP contribution in [0.25, 0.3) is 0 Å². The Morgan fingerprint density at radius 2 is 2.39 bits per heavy atom. The molecule has 5 heteroatoms. The first-order chi connectivity index (χ1) is 8.70. The minimum atomic E-state index is -0.0191. The van der Waals surface area contributed by atoms with Gasteiger partial charge in [-0.2, -0.15) is 0 Å². The molecule has 1 amide bonds. The van der Waals surface area contributed by atoms with Crippen LogP contribution in [-0.4, -0.2) is 41.0 Å². The predicted molar refractivity (Wildman–Crippen MR) is 66.4 cm³/mol. The van der Waals surface area contributed by atoms with Gasteiger partial charge < -0.3 is 15.4 Å². The summed E-state index contributed by atoms with van der Waals surface area (Å²) in [5.74, 6) is 0.638. The molecule has 1 aromatic rings. The van der Waals surface area contributed by atoms with Crippen LogP contribution in [0.2, 0.25) is 0 Å². The van der Waals surface area contributed by atoms with E-state index >= 15 is 0 Å². The van der Waals surface area contributed by atoms with Crippen molar-refractivity contribution in [1.29, 1.82) is 0 Å². The van der Waals surface area contributed by atoms with Crippen molar-refractivity contribution in [2.24, 2.45) is 5.73 Å². The molecule has 18 heavy (non-hydrogen) atoms. The molecule has 5 nitrogen and oxygen atoms in total. The smallest absolute Gasteiger partial charge is 0.273 e. The maximum absolute atomic E-state index is 12.5. The van der Waals surface area contributed by atoms with Crippen LogP contribution < -0.4 is 10.5 Å². The second-order valence-corrected chi connectivity index (χ2v) is 4.99. The lowest BCUT2D eigenvalue weighted by Crippen LogP contribution is -2.40. The molecule has 2 bridgehead atoms. The van der Waals surface area contributed by atoms with Gasteiger partial charge in [-0.3, -0.25) is 9.78 Å². The van der Waals surface area contributed by atoms with E-state index in [0.717, 1.165) is 19.3 Å². The molecule has 0 radical (unpaired) electrons. The summed E-state index contributed by atoms with van der Waals surface area (Å²) in [4.78, 5) is 18.5. The summed E-state index contributed by atoms with van der Waals surface area (Å²) in [5.41, 5.74) is 6.49. The number of pyridine rings is 1. The van der Waals surface area contributed by atoms with Crippen molar-refractivity contribution >= 4 is 5.91 Å². The minimum absolute atomic E-state index is 0.0191. The summed E-state index contributed by atoms with van der Waals surface area (Å²) in [5, 5.41) is 0. The Morgan fingerprint density at radius 3 is 3.00 bits per heavy atom. The van der Waals surface area contributed by atoms with Crippen molar-refractivity contribution in [2.45, 2.75) is 37.4 Å². The maximum atomic E-state index is 12.5. The number of carbonyl (C=O) groups is 1. The predicted octanol–water partition coefficient (Wildman–Crippen LogP) is 0.794. The summed E-state index contributed by atoms with van der Waals surface area (Å²) in [6.45, 7) is 0. The van der Waals surface area contributed by atoms with Gasteiger partial charge in [0.25, 0.3) is 5.91 Å². The summed E-state index contributed by atoms with van der Waals surface area (Å²) in [7, 11) is 1.58. The summed E-state index contributed by atoms with van der Waals surface area (Å²) < 4.78 is 5.12. The van der Waals surface area contributed by atoms with Crippen molar-refractivity contribution in [1.82, 2.24) is 9.88 Å². The van der Waals surface area contributed by atoms with Crippen LogP contribution in [-0.2, 0) is 0 Å². The van der Waals surface area contributed by atoms with Crippen LogP contribution in [0.3, 0.4) is 0 Å². The van der Waals surface area contributed by atoms with Gasteiger partial charge in [0.2, 0.25) is 0 Å². The molecule has 2 aliphatic heterocycles. The highest BCUT2D eigenvalue weighted by atomic mass is 16.5. The van der Waals surface area contributed by atoms with Crippen molar-refractivity contribution in [3.8, 4) is 5.75 Å². The molecular formula is C13H17N3O2. The molecule has 0 aromatic carbocycles. The van der Waals surface area contributed by atoms with E-state index in [1.54, 1.807) is 25.4 Å². The van der Waals surface area contributed by atoms with Gasteiger partial charge in [0, 0.05) is 30.4 Å². The molecule has 3 heterocycles. The number of hydrogen-bond acceptors (Lipinski definition) is 4. The number of carbonyl (C=O) groups excluding carboxylic acids is 1. The van der Waals surface area contributed by atoms with Crippen LogP contribution in [0.1, 0.15) is 29.8 Å². The van der Waals surface area contributed by atoms with E-state index in [0.29, 0.717) is 17.5 Å². The van der Waals surface area contributed by atoms with Crippen molar-refractivity contribution in [3.63, 3.8) is 0 Å². The number of aromatic nitrogens is 1. The first-order valence-electron chi connectivity index (χ1n) is 6.29. The Hall–Kier alpha value is -1.62. The molecule has 2 N–H and O–H groups in total. The normalized spacial score (nSPS) is 29.7. The van der Waals surface area contributed by atoms with Gasteiger partial charge in [0.15, 0.2) is 0 Å². The zero-order valence-electron chi connectivity index (χ0n) is 10.4. The molecule has 2 aliphatic rings. The van der Waals surface area contributed by atoms with Crippen LogP contribution in [0.4, 0.5) is 0 Å². The Labute approximate surface area is 106 Å². The van der Waals surface area contributed by atoms with E-state index in [4.69, 9.17) is 10.5 Å². The van der Waals surface area contributed by atoms with Crippen LogP contribution >= 0.6 is 0 Å². The zero-order valence-corrected chi connectivity index (χ0v) is 10.4. The average molecular weight is 247 g/mol. The number of fused-ring (bicyclic) bond motifs is 2. The fourth-order valence-electron chi connectivity index (χ4n) is 3.14. The fourth-order valence-corrected chi connectivity index (χ4v) is 3.14. The Balaban J connectivity index is 1.86. The molecule has 3 rings (SSSR count). The maximum Gasteiger partial charge on any atom is 0.273 e. The minimum Gasteiger partial charge on any atom is -0.497 e. The number of rotatable bonds is 2. The van der Waals surface area contributed by atoms with E-state index < -0.39 is 0 Å². The summed E-state index contributed by atoms with van der Waals surface area (Å²) in [6.07, 6.45) is 4.60. The first kappa shape index (κ1) is 11.5. The lowest BCUT2D eigenvalue weighted by atomic mass is 9.97. The van der Waals surface area contributed by atoms with E-state index in [1.165, 1.54) is 0 Å². The Kier molecular flexibility index (Phi) is 2.70. The van der Waals surface area contributed by atoms with Gasteiger partial charge in [-0.05, 0) is 25.3 Å². The third kappa shape index (κ3) is 1.66. The molecule has 0 aliphatic carbocycles. The number of amides is 1. The standard InChI is InChI=1S/C13H17N3O2/c1-18-9-4-5-15-11(7-9)13(17)16-8-2-3-12(16)10(14)6-8/h4-5,7-8,10,12H,2-3,6,14H2,1H3/t8-,10+,12+/m1/s1. The van der Waals surface area contributed by atoms with Gasteiger partial charge in [0.05, 0.1) is 7.11 Å². The third-order valence-electron chi connectivity index (χ3n) is 4.01. The quantitative estimate of drug-likeness (QED) is 0.839. The summed E-state index contributed by atoms with van der Waals surface area (Å²) >= 11 is 0. The van der Waals surface area contributed by atoms with Crippen LogP contribution in [0.15, 0.2) is 18.3 Å². The number of nitrogens with zero attached hydrogens (tertiary/aromatic N) is 2. The highest BCUT2D eigenvalue weighted by molar-refractivity contribution is 5.93. The molecule has 0 saturated carbocycles. The second kappa shape index (κ2) is 4.24.